The van der Waals surface area contributed by atoms with Crippen molar-refractivity contribution in [2.24, 2.45) is 5.92 Å². The number of aliphatic carboxylic acids is 1. The van der Waals surface area contributed by atoms with Crippen molar-refractivity contribution in [3.63, 3.8) is 0 Å². The predicted molar refractivity (Wildman–Crippen MR) is 92.0 cm³/mol. The minimum absolute atomic E-state index is 0.124. The van der Waals surface area contributed by atoms with E-state index in [-0.39, 0.29) is 17.7 Å². The van der Waals surface area contributed by atoms with Crippen LogP contribution in [0.15, 0.2) is 24.5 Å². The smallest absolute Gasteiger partial charge is 0.326 e. The third kappa shape index (κ3) is 5.27. The number of likely N-dealkylation sites (tertiary alicyclic amines) is 1. The van der Waals surface area contributed by atoms with Crippen LogP contribution in [0, 0.1) is 5.92 Å². The van der Waals surface area contributed by atoms with Gasteiger partial charge in [-0.15, -0.1) is 0 Å². The van der Waals surface area contributed by atoms with E-state index in [2.05, 4.69) is 10.3 Å². The van der Waals surface area contributed by atoms with Crippen molar-refractivity contribution >= 4 is 17.8 Å². The highest BCUT2D eigenvalue weighted by Crippen LogP contribution is 2.19. The van der Waals surface area contributed by atoms with Crippen LogP contribution in [0.4, 0.5) is 0 Å². The number of rotatable bonds is 7. The third-order valence-corrected chi connectivity index (χ3v) is 4.47. The van der Waals surface area contributed by atoms with Crippen molar-refractivity contribution in [3.8, 4) is 0 Å². The molecule has 1 aromatic rings. The fraction of sp³-hybridized carbons (Fsp3) is 0.556. The minimum atomic E-state index is -1.01. The molecule has 2 atom stereocenters. The molecule has 0 bridgehead atoms. The molecule has 2 unspecified atom stereocenters. The van der Waals surface area contributed by atoms with Crippen LogP contribution in [0.5, 0.6) is 0 Å². The van der Waals surface area contributed by atoms with Crippen molar-refractivity contribution in [1.29, 1.82) is 0 Å². The van der Waals surface area contributed by atoms with Gasteiger partial charge in [0.2, 0.25) is 5.91 Å². The monoisotopic (exact) mass is 347 g/mol. The van der Waals surface area contributed by atoms with Crippen molar-refractivity contribution in [2.45, 2.75) is 45.1 Å². The van der Waals surface area contributed by atoms with Crippen LogP contribution in [0.2, 0.25) is 0 Å². The molecule has 2 rings (SSSR count). The van der Waals surface area contributed by atoms with Gasteiger partial charge in [-0.25, -0.2) is 4.79 Å². The number of nitrogens with zero attached hydrogens (tertiary/aromatic N) is 2. The molecule has 2 heterocycles. The molecule has 2 amide bonds. The Bertz CT molecular complexity index is 606. The predicted octanol–water partition coefficient (Wildman–Crippen LogP) is 1.69. The second-order valence-electron chi connectivity index (χ2n) is 6.37. The summed E-state index contributed by atoms with van der Waals surface area (Å²) in [6.45, 7) is 2.89. The molecular formula is C18H25N3O4. The quantitative estimate of drug-likeness (QED) is 0.782. The first-order valence-corrected chi connectivity index (χ1v) is 8.75. The Labute approximate surface area is 147 Å². The number of carbonyl (C=O) groups excluding carboxylic acids is 2. The summed E-state index contributed by atoms with van der Waals surface area (Å²) in [5, 5.41) is 11.9. The molecule has 136 valence electrons. The first-order valence-electron chi connectivity index (χ1n) is 8.75. The van der Waals surface area contributed by atoms with Gasteiger partial charge in [0.05, 0.1) is 5.92 Å². The van der Waals surface area contributed by atoms with Crippen LogP contribution >= 0.6 is 0 Å². The normalized spacial score (nSPS) is 18.4. The zero-order chi connectivity index (χ0) is 18.2. The van der Waals surface area contributed by atoms with Crippen LogP contribution in [0.1, 0.15) is 49.4 Å². The summed E-state index contributed by atoms with van der Waals surface area (Å²) in [5.74, 6) is -1.79. The Balaban J connectivity index is 1.96. The molecule has 1 fully saturated rings. The SMILES string of the molecule is CCCCC(NC(=O)C1CCCN(C(=O)c2ccncc2)C1)C(=O)O. The summed E-state index contributed by atoms with van der Waals surface area (Å²) < 4.78 is 0. The van der Waals surface area contributed by atoms with Gasteiger partial charge in [-0.3, -0.25) is 14.6 Å². The lowest BCUT2D eigenvalue weighted by molar-refractivity contribution is -0.143. The molecule has 0 spiro atoms. The van der Waals surface area contributed by atoms with E-state index >= 15 is 0 Å². The van der Waals surface area contributed by atoms with Crippen LogP contribution in [0.25, 0.3) is 0 Å². The lowest BCUT2D eigenvalue weighted by Crippen LogP contribution is -2.49. The van der Waals surface area contributed by atoms with Crippen molar-refractivity contribution in [2.75, 3.05) is 13.1 Å². The summed E-state index contributed by atoms with van der Waals surface area (Å²) in [5.41, 5.74) is 0.544. The molecule has 2 N–H and O–H groups in total. The standard InChI is InChI=1S/C18H25N3O4/c1-2-3-6-15(18(24)25)20-16(22)14-5-4-11-21(12-14)17(23)13-7-9-19-10-8-13/h7-10,14-15H,2-6,11-12H2,1H3,(H,20,22)(H,24,25). The van der Waals surface area contributed by atoms with Crippen LogP contribution in [-0.4, -0.2) is 51.9 Å². The maximum absolute atomic E-state index is 12.5. The van der Waals surface area contributed by atoms with E-state index in [1.54, 1.807) is 29.4 Å². The maximum Gasteiger partial charge on any atom is 0.326 e. The van der Waals surface area contributed by atoms with E-state index in [0.29, 0.717) is 31.5 Å². The van der Waals surface area contributed by atoms with E-state index in [1.165, 1.54) is 0 Å². The summed E-state index contributed by atoms with van der Waals surface area (Å²) in [6.07, 6.45) is 6.54. The van der Waals surface area contributed by atoms with Crippen LogP contribution in [0.3, 0.4) is 0 Å². The van der Waals surface area contributed by atoms with E-state index in [0.717, 1.165) is 19.3 Å². The average Bonchev–Trinajstić information content (AvgIpc) is 2.64. The number of pyridine rings is 1. The van der Waals surface area contributed by atoms with Gasteiger partial charge >= 0.3 is 5.97 Å². The van der Waals surface area contributed by atoms with Gasteiger partial charge in [0.15, 0.2) is 0 Å². The van der Waals surface area contributed by atoms with E-state index in [4.69, 9.17) is 0 Å². The molecule has 25 heavy (non-hydrogen) atoms. The fourth-order valence-corrected chi connectivity index (χ4v) is 3.01. The van der Waals surface area contributed by atoms with E-state index in [1.807, 2.05) is 6.92 Å². The van der Waals surface area contributed by atoms with Gasteiger partial charge in [0, 0.05) is 31.0 Å². The number of carboxylic acids is 1. The lowest BCUT2D eigenvalue weighted by Gasteiger charge is -2.32. The molecule has 0 aromatic carbocycles. The van der Waals surface area contributed by atoms with Gasteiger partial charge in [-0.05, 0) is 31.4 Å². The Kier molecular flexibility index (Phi) is 6.91. The number of aromatic nitrogens is 1. The zero-order valence-corrected chi connectivity index (χ0v) is 14.5. The third-order valence-electron chi connectivity index (χ3n) is 4.47. The zero-order valence-electron chi connectivity index (χ0n) is 14.5. The highest BCUT2D eigenvalue weighted by Gasteiger charge is 2.31. The van der Waals surface area contributed by atoms with Gasteiger partial charge in [0.25, 0.3) is 5.91 Å². The number of carboxylic acid groups (broad SMARTS) is 1. The largest absolute Gasteiger partial charge is 0.480 e. The second kappa shape index (κ2) is 9.15. The molecule has 0 aliphatic carbocycles. The Morgan fingerprint density at radius 2 is 2.08 bits per heavy atom. The molecule has 0 saturated carbocycles. The Morgan fingerprint density at radius 1 is 1.36 bits per heavy atom. The lowest BCUT2D eigenvalue weighted by atomic mass is 9.96. The summed E-state index contributed by atoms with van der Waals surface area (Å²) in [4.78, 5) is 41.8. The highest BCUT2D eigenvalue weighted by molar-refractivity contribution is 5.94. The van der Waals surface area contributed by atoms with Crippen molar-refractivity contribution in [3.05, 3.63) is 30.1 Å². The summed E-state index contributed by atoms with van der Waals surface area (Å²) in [6, 6.07) is 2.44. The molecule has 1 aromatic heterocycles. The van der Waals surface area contributed by atoms with E-state index in [9.17, 15) is 19.5 Å². The fourth-order valence-electron chi connectivity index (χ4n) is 3.01. The average molecular weight is 347 g/mol. The van der Waals surface area contributed by atoms with Gasteiger partial charge in [-0.2, -0.15) is 0 Å². The van der Waals surface area contributed by atoms with Crippen molar-refractivity contribution in [1.82, 2.24) is 15.2 Å². The summed E-state index contributed by atoms with van der Waals surface area (Å²) >= 11 is 0. The molecular weight excluding hydrogens is 322 g/mol. The number of hydrogen-bond donors (Lipinski definition) is 2. The van der Waals surface area contributed by atoms with Gasteiger partial charge < -0.3 is 15.3 Å². The molecule has 7 heteroatoms. The highest BCUT2D eigenvalue weighted by atomic mass is 16.4. The number of carbonyl (C=O) groups is 3. The summed E-state index contributed by atoms with van der Waals surface area (Å²) in [7, 11) is 0. The molecule has 1 aliphatic rings. The maximum atomic E-state index is 12.5. The molecule has 1 aliphatic heterocycles. The van der Waals surface area contributed by atoms with Gasteiger partial charge in [-0.1, -0.05) is 19.8 Å². The number of unbranched alkanes of at least 4 members (excludes halogenated alkanes) is 1. The second-order valence-corrected chi connectivity index (χ2v) is 6.37. The molecule has 1 saturated heterocycles. The molecule has 7 nitrogen and oxygen atoms in total. The number of hydrogen-bond acceptors (Lipinski definition) is 4. The van der Waals surface area contributed by atoms with Crippen molar-refractivity contribution < 1.29 is 19.5 Å². The van der Waals surface area contributed by atoms with Crippen LogP contribution in [-0.2, 0) is 9.59 Å². The number of nitrogens with one attached hydrogen (secondary N) is 1. The minimum Gasteiger partial charge on any atom is -0.480 e. The Hall–Kier alpha value is -2.44. The first-order chi connectivity index (χ1) is 12.0. The van der Waals surface area contributed by atoms with Gasteiger partial charge in [0.1, 0.15) is 6.04 Å². The topological polar surface area (TPSA) is 99.6 Å². The Morgan fingerprint density at radius 3 is 2.72 bits per heavy atom. The first kappa shape index (κ1) is 18.9. The number of piperidine rings is 1. The number of amides is 2. The van der Waals surface area contributed by atoms with E-state index < -0.39 is 12.0 Å². The molecule has 0 radical (unpaired) electrons. The van der Waals surface area contributed by atoms with Crippen LogP contribution < -0.4 is 5.32 Å².